The van der Waals surface area contributed by atoms with Crippen LogP contribution in [-0.2, 0) is 0 Å². The van der Waals surface area contributed by atoms with Crippen LogP contribution < -0.4 is 0 Å². The van der Waals surface area contributed by atoms with Gasteiger partial charge in [0.25, 0.3) is 0 Å². The maximum atomic E-state index is 6.58. The van der Waals surface area contributed by atoms with Crippen LogP contribution in [0.15, 0.2) is 24.3 Å². The van der Waals surface area contributed by atoms with E-state index in [9.17, 15) is 0 Å². The molecule has 2 rings (SSSR count). The first-order valence-corrected chi connectivity index (χ1v) is 7.02. The van der Waals surface area contributed by atoms with Crippen LogP contribution in [0.1, 0.15) is 37.4 Å². The number of benzene rings is 1. The number of rotatable bonds is 2. The molecule has 0 aliphatic heterocycles. The van der Waals surface area contributed by atoms with E-state index in [2.05, 4.69) is 52.0 Å². The van der Waals surface area contributed by atoms with Gasteiger partial charge in [-0.3, -0.25) is 0 Å². The Bertz CT molecular complexity index is 540. The first-order valence-electron chi connectivity index (χ1n) is 5.77. The van der Waals surface area contributed by atoms with Crippen LogP contribution in [0.5, 0.6) is 0 Å². The average molecular weight is 265 g/mol. The maximum absolute atomic E-state index is 6.58. The van der Waals surface area contributed by atoms with E-state index in [-0.39, 0.29) is 5.38 Å². The molecule has 1 aromatic carbocycles. The Morgan fingerprint density at radius 1 is 0.941 bits per heavy atom. The van der Waals surface area contributed by atoms with Gasteiger partial charge >= 0.3 is 0 Å². The topological polar surface area (TPSA) is 0 Å². The number of thiophene rings is 1. The van der Waals surface area contributed by atoms with Crippen LogP contribution in [0.3, 0.4) is 0 Å². The van der Waals surface area contributed by atoms with Gasteiger partial charge in [0.15, 0.2) is 0 Å². The molecule has 1 unspecified atom stereocenters. The van der Waals surface area contributed by atoms with Crippen molar-refractivity contribution in [3.63, 3.8) is 0 Å². The normalized spacial score (nSPS) is 12.8. The highest BCUT2D eigenvalue weighted by molar-refractivity contribution is 7.12. The van der Waals surface area contributed by atoms with E-state index >= 15 is 0 Å². The van der Waals surface area contributed by atoms with Crippen molar-refractivity contribution >= 4 is 22.9 Å². The van der Waals surface area contributed by atoms with Crippen LogP contribution >= 0.6 is 22.9 Å². The predicted molar refractivity (Wildman–Crippen MR) is 77.4 cm³/mol. The molecule has 0 fully saturated rings. The van der Waals surface area contributed by atoms with E-state index in [0.29, 0.717) is 0 Å². The largest absolute Gasteiger partial charge is 0.143 e. The molecule has 0 bridgehead atoms. The Hall–Kier alpha value is -0.790. The molecule has 2 aromatic rings. The average Bonchev–Trinajstić information content (AvgIpc) is 2.61. The summed E-state index contributed by atoms with van der Waals surface area (Å²) in [6.07, 6.45) is 0. The van der Waals surface area contributed by atoms with Crippen LogP contribution in [0, 0.1) is 27.7 Å². The van der Waals surface area contributed by atoms with Gasteiger partial charge in [-0.25, -0.2) is 0 Å². The van der Waals surface area contributed by atoms with Gasteiger partial charge in [0.2, 0.25) is 0 Å². The standard InChI is InChI=1S/C15H17ClS/c1-9-5-6-13(8-10(9)2)14(16)15-11(3)7-12(4)17-15/h5-8,14H,1-4H3. The fourth-order valence-electron chi connectivity index (χ4n) is 1.98. The van der Waals surface area contributed by atoms with Crippen molar-refractivity contribution in [1.82, 2.24) is 0 Å². The first-order chi connectivity index (χ1) is 7.99. The fourth-order valence-corrected chi connectivity index (χ4v) is 3.47. The molecule has 1 aromatic heterocycles. The Labute approximate surface area is 112 Å². The van der Waals surface area contributed by atoms with E-state index in [4.69, 9.17) is 11.6 Å². The molecule has 0 spiro atoms. The van der Waals surface area contributed by atoms with Gasteiger partial charge < -0.3 is 0 Å². The lowest BCUT2D eigenvalue weighted by Crippen LogP contribution is -1.94. The minimum atomic E-state index is -0.0204. The van der Waals surface area contributed by atoms with Crippen LogP contribution in [-0.4, -0.2) is 0 Å². The molecule has 90 valence electrons. The van der Waals surface area contributed by atoms with Crippen molar-refractivity contribution < 1.29 is 0 Å². The Morgan fingerprint density at radius 3 is 2.18 bits per heavy atom. The summed E-state index contributed by atoms with van der Waals surface area (Å²) in [5, 5.41) is -0.0204. The maximum Gasteiger partial charge on any atom is 0.0930 e. The summed E-state index contributed by atoms with van der Waals surface area (Å²) in [6.45, 7) is 8.53. The molecule has 1 heterocycles. The van der Waals surface area contributed by atoms with Crippen molar-refractivity contribution in [2.45, 2.75) is 33.1 Å². The number of aryl methyl sites for hydroxylation is 4. The molecule has 0 aliphatic rings. The molecule has 0 nitrogen and oxygen atoms in total. The second-order valence-electron chi connectivity index (χ2n) is 4.61. The lowest BCUT2D eigenvalue weighted by molar-refractivity contribution is 1.14. The smallest absolute Gasteiger partial charge is 0.0930 e. The fraction of sp³-hybridized carbons (Fsp3) is 0.333. The predicted octanol–water partition coefficient (Wildman–Crippen LogP) is 5.31. The zero-order valence-electron chi connectivity index (χ0n) is 10.7. The summed E-state index contributed by atoms with van der Waals surface area (Å²) >= 11 is 8.38. The molecule has 0 aliphatic carbocycles. The van der Waals surface area contributed by atoms with Crippen LogP contribution in [0.4, 0.5) is 0 Å². The van der Waals surface area contributed by atoms with Gasteiger partial charge in [0, 0.05) is 9.75 Å². The zero-order chi connectivity index (χ0) is 12.6. The summed E-state index contributed by atoms with van der Waals surface area (Å²) in [7, 11) is 0. The summed E-state index contributed by atoms with van der Waals surface area (Å²) in [4.78, 5) is 2.60. The molecule has 0 saturated heterocycles. The van der Waals surface area contributed by atoms with Gasteiger partial charge in [-0.2, -0.15) is 0 Å². The minimum absolute atomic E-state index is 0.0204. The highest BCUT2D eigenvalue weighted by Gasteiger charge is 2.16. The third kappa shape index (κ3) is 2.56. The lowest BCUT2D eigenvalue weighted by Gasteiger charge is -2.11. The molecule has 0 amide bonds. The molecule has 2 heteroatoms. The number of halogens is 1. The third-order valence-corrected chi connectivity index (χ3v) is 4.95. The van der Waals surface area contributed by atoms with Crippen molar-refractivity contribution in [2.24, 2.45) is 0 Å². The Kier molecular flexibility index (Phi) is 3.60. The molecule has 1 atom stereocenters. The van der Waals surface area contributed by atoms with Gasteiger partial charge in [0.1, 0.15) is 0 Å². The molecule has 0 N–H and O–H groups in total. The van der Waals surface area contributed by atoms with Crippen molar-refractivity contribution in [2.75, 3.05) is 0 Å². The monoisotopic (exact) mass is 264 g/mol. The number of alkyl halides is 1. The second kappa shape index (κ2) is 4.83. The second-order valence-corrected chi connectivity index (χ2v) is 6.33. The molecular formula is C15H17ClS. The van der Waals surface area contributed by atoms with Gasteiger partial charge in [0.05, 0.1) is 5.38 Å². The Balaban J connectivity index is 2.40. The number of hydrogen-bond donors (Lipinski definition) is 0. The van der Waals surface area contributed by atoms with Crippen molar-refractivity contribution in [3.8, 4) is 0 Å². The van der Waals surface area contributed by atoms with Gasteiger partial charge in [-0.15, -0.1) is 22.9 Å². The van der Waals surface area contributed by atoms with Gasteiger partial charge in [-0.1, -0.05) is 18.2 Å². The first kappa shape index (κ1) is 12.7. The van der Waals surface area contributed by atoms with Crippen molar-refractivity contribution in [3.05, 3.63) is 56.3 Å². The minimum Gasteiger partial charge on any atom is -0.143 e. The summed E-state index contributed by atoms with van der Waals surface area (Å²) in [5.74, 6) is 0. The lowest BCUT2D eigenvalue weighted by atomic mass is 10.0. The van der Waals surface area contributed by atoms with E-state index in [1.54, 1.807) is 11.3 Å². The van der Waals surface area contributed by atoms with Crippen LogP contribution in [0.25, 0.3) is 0 Å². The highest BCUT2D eigenvalue weighted by atomic mass is 35.5. The van der Waals surface area contributed by atoms with Crippen LogP contribution in [0.2, 0.25) is 0 Å². The molecule has 0 radical (unpaired) electrons. The molecular weight excluding hydrogens is 248 g/mol. The SMILES string of the molecule is Cc1cc(C)c(C(Cl)c2ccc(C)c(C)c2)s1. The Morgan fingerprint density at radius 2 is 1.65 bits per heavy atom. The molecule has 17 heavy (non-hydrogen) atoms. The summed E-state index contributed by atoms with van der Waals surface area (Å²) in [6, 6.07) is 8.68. The van der Waals surface area contributed by atoms with E-state index < -0.39 is 0 Å². The third-order valence-electron chi connectivity index (χ3n) is 3.13. The highest BCUT2D eigenvalue weighted by Crippen LogP contribution is 2.36. The quantitative estimate of drug-likeness (QED) is 0.645. The molecule has 0 saturated carbocycles. The van der Waals surface area contributed by atoms with Gasteiger partial charge in [-0.05, 0) is 56.0 Å². The van der Waals surface area contributed by atoms with E-state index in [0.717, 1.165) is 0 Å². The van der Waals surface area contributed by atoms with Crippen molar-refractivity contribution in [1.29, 1.82) is 0 Å². The summed E-state index contributed by atoms with van der Waals surface area (Å²) < 4.78 is 0. The zero-order valence-corrected chi connectivity index (χ0v) is 12.2. The number of hydrogen-bond acceptors (Lipinski definition) is 1. The van der Waals surface area contributed by atoms with E-state index in [1.807, 2.05) is 0 Å². The van der Waals surface area contributed by atoms with E-state index in [1.165, 1.54) is 32.0 Å². The summed E-state index contributed by atoms with van der Waals surface area (Å²) in [5.41, 5.74) is 5.11.